The highest BCUT2D eigenvalue weighted by Crippen LogP contribution is 2.38. The Kier molecular flexibility index (Phi) is 2.91. The second kappa shape index (κ2) is 4.37. The summed E-state index contributed by atoms with van der Waals surface area (Å²) in [6.45, 7) is 1.83. The molecular weight excluding hydrogens is 220 g/mol. The largest absolute Gasteiger partial charge is 0.497 e. The molecule has 5 nitrogen and oxygen atoms in total. The molecule has 5 heteroatoms. The lowest BCUT2D eigenvalue weighted by atomic mass is 10.0. The zero-order valence-corrected chi connectivity index (χ0v) is 9.98. The molecule has 0 saturated heterocycles. The molecule has 1 heterocycles. The van der Waals surface area contributed by atoms with Crippen molar-refractivity contribution < 1.29 is 14.0 Å². The van der Waals surface area contributed by atoms with Gasteiger partial charge in [0.2, 0.25) is 5.88 Å². The average Bonchev–Trinajstić information content (AvgIpc) is 2.68. The molecule has 1 aromatic carbocycles. The summed E-state index contributed by atoms with van der Waals surface area (Å²) < 4.78 is 15.4. The maximum atomic E-state index is 5.76. The van der Waals surface area contributed by atoms with Gasteiger partial charge < -0.3 is 19.7 Å². The van der Waals surface area contributed by atoms with Gasteiger partial charge in [-0.1, -0.05) is 5.16 Å². The first-order valence-corrected chi connectivity index (χ1v) is 5.11. The molecule has 0 spiro atoms. The van der Waals surface area contributed by atoms with Crippen LogP contribution in [-0.4, -0.2) is 19.4 Å². The fourth-order valence-electron chi connectivity index (χ4n) is 1.72. The molecule has 2 aromatic rings. The van der Waals surface area contributed by atoms with Crippen molar-refractivity contribution in [1.82, 2.24) is 5.16 Å². The molecule has 17 heavy (non-hydrogen) atoms. The van der Waals surface area contributed by atoms with Crippen molar-refractivity contribution in [3.8, 4) is 22.6 Å². The first-order chi connectivity index (χ1) is 8.17. The Hall–Kier alpha value is -2.17. The highest BCUT2D eigenvalue weighted by molar-refractivity contribution is 5.80. The first-order valence-electron chi connectivity index (χ1n) is 5.11. The van der Waals surface area contributed by atoms with Gasteiger partial charge in [-0.25, -0.2) is 0 Å². The highest BCUT2D eigenvalue weighted by Gasteiger charge is 2.17. The number of hydrogen-bond acceptors (Lipinski definition) is 5. The molecule has 0 aliphatic rings. The topological polar surface area (TPSA) is 70.5 Å². The number of nitrogens with zero attached hydrogens (tertiary/aromatic N) is 1. The predicted molar refractivity (Wildman–Crippen MR) is 64.2 cm³/mol. The molecule has 0 radical (unpaired) electrons. The minimum atomic E-state index is 0.272. The zero-order chi connectivity index (χ0) is 12.4. The third-order valence-corrected chi connectivity index (χ3v) is 2.57. The van der Waals surface area contributed by atoms with Gasteiger partial charge in [-0.2, -0.15) is 0 Å². The van der Waals surface area contributed by atoms with Crippen LogP contribution in [0.2, 0.25) is 0 Å². The number of benzene rings is 1. The molecule has 0 unspecified atom stereocenters. The molecule has 0 atom stereocenters. The molecule has 0 bridgehead atoms. The Bertz CT molecular complexity index is 515. The number of ether oxygens (including phenoxy) is 2. The maximum absolute atomic E-state index is 5.76. The molecule has 2 rings (SSSR count). The van der Waals surface area contributed by atoms with Crippen LogP contribution >= 0.6 is 0 Å². The van der Waals surface area contributed by atoms with E-state index < -0.39 is 0 Å². The summed E-state index contributed by atoms with van der Waals surface area (Å²) in [6.07, 6.45) is 0. The summed E-state index contributed by atoms with van der Waals surface area (Å²) >= 11 is 0. The second-order valence-electron chi connectivity index (χ2n) is 3.57. The Balaban J connectivity index is 2.64. The van der Waals surface area contributed by atoms with Crippen molar-refractivity contribution in [3.05, 3.63) is 23.9 Å². The zero-order valence-electron chi connectivity index (χ0n) is 9.98. The number of hydrogen-bond donors (Lipinski definition) is 1. The van der Waals surface area contributed by atoms with Crippen LogP contribution in [-0.2, 0) is 0 Å². The van der Waals surface area contributed by atoms with Crippen molar-refractivity contribution in [2.24, 2.45) is 0 Å². The third kappa shape index (κ3) is 1.91. The number of aromatic nitrogens is 1. The van der Waals surface area contributed by atoms with Gasteiger partial charge in [0.15, 0.2) is 0 Å². The van der Waals surface area contributed by atoms with E-state index in [1.165, 1.54) is 0 Å². The van der Waals surface area contributed by atoms with Gasteiger partial charge in [0.05, 0.1) is 25.5 Å². The van der Waals surface area contributed by atoms with Crippen molar-refractivity contribution in [2.45, 2.75) is 6.92 Å². The molecule has 1 aromatic heterocycles. The number of rotatable bonds is 3. The fourth-order valence-corrected chi connectivity index (χ4v) is 1.72. The Morgan fingerprint density at radius 3 is 2.53 bits per heavy atom. The average molecular weight is 234 g/mol. The van der Waals surface area contributed by atoms with Gasteiger partial charge in [-0.15, -0.1) is 0 Å². The quantitative estimate of drug-likeness (QED) is 0.881. The molecule has 2 N–H and O–H groups in total. The van der Waals surface area contributed by atoms with Gasteiger partial charge >= 0.3 is 0 Å². The van der Waals surface area contributed by atoms with Gasteiger partial charge in [0, 0.05) is 5.56 Å². The summed E-state index contributed by atoms with van der Waals surface area (Å²) in [5.74, 6) is 1.69. The van der Waals surface area contributed by atoms with Crippen LogP contribution in [0.15, 0.2) is 22.7 Å². The van der Waals surface area contributed by atoms with E-state index in [0.29, 0.717) is 11.4 Å². The Morgan fingerprint density at radius 1 is 1.24 bits per heavy atom. The molecule has 90 valence electrons. The Labute approximate surface area is 99.1 Å². The lowest BCUT2D eigenvalue weighted by molar-refractivity contribution is 0.404. The predicted octanol–water partition coefficient (Wildman–Crippen LogP) is 2.25. The van der Waals surface area contributed by atoms with E-state index in [2.05, 4.69) is 5.16 Å². The van der Waals surface area contributed by atoms with Crippen LogP contribution in [0.1, 0.15) is 5.69 Å². The number of nitrogens with two attached hydrogens (primary N) is 1. The number of methoxy groups -OCH3 is 2. The van der Waals surface area contributed by atoms with E-state index in [0.717, 1.165) is 16.9 Å². The van der Waals surface area contributed by atoms with Crippen molar-refractivity contribution >= 4 is 5.88 Å². The normalized spacial score (nSPS) is 10.3. The minimum Gasteiger partial charge on any atom is -0.497 e. The van der Waals surface area contributed by atoms with Crippen LogP contribution < -0.4 is 15.2 Å². The second-order valence-corrected chi connectivity index (χ2v) is 3.57. The third-order valence-electron chi connectivity index (χ3n) is 2.57. The standard InChI is InChI=1S/C12H14N2O3/c1-7-11(12(13)17-14-7)9-6-8(15-2)4-5-10(9)16-3/h4-6H,13H2,1-3H3. The minimum absolute atomic E-state index is 0.272. The molecule has 0 amide bonds. The summed E-state index contributed by atoms with van der Waals surface area (Å²) in [4.78, 5) is 0. The highest BCUT2D eigenvalue weighted by atomic mass is 16.5. The fraction of sp³-hybridized carbons (Fsp3) is 0.250. The summed E-state index contributed by atoms with van der Waals surface area (Å²) in [6, 6.07) is 5.48. The van der Waals surface area contributed by atoms with E-state index in [9.17, 15) is 0 Å². The van der Waals surface area contributed by atoms with Crippen LogP contribution in [0.25, 0.3) is 11.1 Å². The molecular formula is C12H14N2O3. The van der Waals surface area contributed by atoms with Gasteiger partial charge in [-0.3, -0.25) is 0 Å². The van der Waals surface area contributed by atoms with E-state index >= 15 is 0 Å². The lowest BCUT2D eigenvalue weighted by Crippen LogP contribution is -1.93. The smallest absolute Gasteiger partial charge is 0.230 e. The van der Waals surface area contributed by atoms with Gasteiger partial charge in [-0.05, 0) is 25.1 Å². The molecule has 0 aliphatic carbocycles. The van der Waals surface area contributed by atoms with Crippen LogP contribution in [0, 0.1) is 6.92 Å². The first kappa shape index (κ1) is 11.3. The number of nitrogen functional groups attached to an aromatic ring is 1. The molecule has 0 fully saturated rings. The van der Waals surface area contributed by atoms with Gasteiger partial charge in [0.25, 0.3) is 0 Å². The van der Waals surface area contributed by atoms with Crippen LogP contribution in [0.4, 0.5) is 5.88 Å². The van der Waals surface area contributed by atoms with E-state index in [1.54, 1.807) is 14.2 Å². The monoisotopic (exact) mass is 234 g/mol. The maximum Gasteiger partial charge on any atom is 0.230 e. The Morgan fingerprint density at radius 2 is 2.00 bits per heavy atom. The lowest BCUT2D eigenvalue weighted by Gasteiger charge is -2.09. The van der Waals surface area contributed by atoms with Crippen molar-refractivity contribution in [3.63, 3.8) is 0 Å². The number of aryl methyl sites for hydroxylation is 1. The summed E-state index contributed by atoms with van der Waals surface area (Å²) in [5.41, 5.74) is 8.02. The van der Waals surface area contributed by atoms with E-state index in [1.807, 2.05) is 25.1 Å². The number of anilines is 1. The van der Waals surface area contributed by atoms with Crippen molar-refractivity contribution in [1.29, 1.82) is 0 Å². The van der Waals surface area contributed by atoms with Crippen molar-refractivity contribution in [2.75, 3.05) is 20.0 Å². The summed E-state index contributed by atoms with van der Waals surface area (Å²) in [7, 11) is 3.21. The van der Waals surface area contributed by atoms with Gasteiger partial charge in [0.1, 0.15) is 11.5 Å². The summed E-state index contributed by atoms with van der Waals surface area (Å²) in [5, 5.41) is 3.83. The molecule has 0 aliphatic heterocycles. The molecule has 0 saturated carbocycles. The van der Waals surface area contributed by atoms with E-state index in [4.69, 9.17) is 19.7 Å². The van der Waals surface area contributed by atoms with Crippen LogP contribution in [0.3, 0.4) is 0 Å². The van der Waals surface area contributed by atoms with E-state index in [-0.39, 0.29) is 5.88 Å². The van der Waals surface area contributed by atoms with Crippen LogP contribution in [0.5, 0.6) is 11.5 Å². The SMILES string of the molecule is COc1ccc(OC)c(-c2c(C)noc2N)c1.